The predicted molar refractivity (Wildman–Crippen MR) is 85.1 cm³/mol. The number of hydrogen-bond acceptors (Lipinski definition) is 7. The Morgan fingerprint density at radius 3 is 2.74 bits per heavy atom. The summed E-state index contributed by atoms with van der Waals surface area (Å²) in [5.74, 6) is -1.23. The molecule has 0 amide bonds. The number of benzene rings is 1. The smallest absolute Gasteiger partial charge is 0.342 e. The number of aliphatic carboxylic acids is 1. The fourth-order valence-electron chi connectivity index (χ4n) is 1.58. The summed E-state index contributed by atoms with van der Waals surface area (Å²) in [5, 5.41) is 36.4. The number of aromatic amines is 1. The molecule has 0 aliphatic rings. The molecule has 1 heterocycles. The maximum absolute atomic E-state index is 11.3. The van der Waals surface area contributed by atoms with Crippen molar-refractivity contribution in [3.8, 4) is 5.75 Å². The number of nitro benzene ring substituents is 1. The Morgan fingerprint density at radius 1 is 1.52 bits per heavy atom. The van der Waals surface area contributed by atoms with Crippen molar-refractivity contribution in [1.29, 1.82) is 0 Å². The Morgan fingerprint density at radius 2 is 2.22 bits per heavy atom. The van der Waals surface area contributed by atoms with Crippen LogP contribution in [0.1, 0.15) is 11.4 Å². The molecule has 0 saturated carbocycles. The summed E-state index contributed by atoms with van der Waals surface area (Å²) in [5.41, 5.74) is -0.298. The quantitative estimate of drug-likeness (QED) is 0.300. The van der Waals surface area contributed by atoms with Crippen LogP contribution < -0.4 is 0 Å². The van der Waals surface area contributed by atoms with E-state index in [0.29, 0.717) is 5.82 Å². The Labute approximate surface area is 141 Å². The third kappa shape index (κ3) is 4.07. The fourth-order valence-corrected chi connectivity index (χ4v) is 2.80. The van der Waals surface area contributed by atoms with Gasteiger partial charge >= 0.3 is 11.7 Å². The molecule has 11 heteroatoms. The molecule has 0 aliphatic carbocycles. The number of carbonyl (C=O) groups is 1. The van der Waals surface area contributed by atoms with Gasteiger partial charge in [-0.05, 0) is 52.3 Å². The number of rotatable bonds is 5. The van der Waals surface area contributed by atoms with E-state index in [1.165, 1.54) is 12.1 Å². The predicted octanol–water partition coefficient (Wildman–Crippen LogP) is 2.71. The molecular formula is C12H9BrN4O5S. The van der Waals surface area contributed by atoms with Gasteiger partial charge in [0.2, 0.25) is 10.9 Å². The molecule has 0 aliphatic heterocycles. The molecule has 0 unspecified atom stereocenters. The first-order valence-corrected chi connectivity index (χ1v) is 7.57. The third-order valence-electron chi connectivity index (χ3n) is 2.55. The van der Waals surface area contributed by atoms with Gasteiger partial charge in [0.05, 0.1) is 9.40 Å². The van der Waals surface area contributed by atoms with Crippen molar-refractivity contribution in [2.75, 3.05) is 0 Å². The summed E-state index contributed by atoms with van der Waals surface area (Å²) in [6, 6.07) is 2.45. The second-order valence-electron chi connectivity index (χ2n) is 4.25. The van der Waals surface area contributed by atoms with Crippen molar-refractivity contribution in [2.45, 2.75) is 12.1 Å². The number of nitrogens with zero attached hydrogens (tertiary/aromatic N) is 3. The topological polar surface area (TPSA) is 142 Å². The molecule has 3 N–H and O–H groups in total. The Bertz CT molecular complexity index is 820. The summed E-state index contributed by atoms with van der Waals surface area (Å²) in [4.78, 5) is 25.3. The van der Waals surface area contributed by atoms with Gasteiger partial charge in [-0.2, -0.15) is 0 Å². The van der Waals surface area contributed by atoms with Crippen molar-refractivity contribution in [3.63, 3.8) is 0 Å². The summed E-state index contributed by atoms with van der Waals surface area (Å²) in [6.45, 7) is 1.67. The van der Waals surface area contributed by atoms with Gasteiger partial charge < -0.3 is 10.2 Å². The standard InChI is InChI=1S/C12H9BrN4O5S/c1-5-14-12(16-15-5)23-9(11(19)20)4-6-2-7(13)10(18)8(3-6)17(21)22/h2-4,18H,1H3,(H,19,20)(H,14,15,16)/b9-4-. The highest BCUT2D eigenvalue weighted by Gasteiger charge is 2.19. The zero-order valence-electron chi connectivity index (χ0n) is 11.5. The fraction of sp³-hybridized carbons (Fsp3) is 0.0833. The lowest BCUT2D eigenvalue weighted by Gasteiger charge is -2.03. The highest BCUT2D eigenvalue weighted by Crippen LogP contribution is 2.36. The number of phenolic OH excluding ortho intramolecular Hbond substituents is 1. The van der Waals surface area contributed by atoms with E-state index in [1.54, 1.807) is 6.92 Å². The maximum Gasteiger partial charge on any atom is 0.342 e. The number of carboxylic acids is 1. The zero-order chi connectivity index (χ0) is 17.1. The van der Waals surface area contributed by atoms with E-state index < -0.39 is 22.3 Å². The summed E-state index contributed by atoms with van der Waals surface area (Å²) in [7, 11) is 0. The highest BCUT2D eigenvalue weighted by molar-refractivity contribution is 9.10. The number of aromatic nitrogens is 3. The molecule has 1 aromatic heterocycles. The van der Waals surface area contributed by atoms with Crippen molar-refractivity contribution in [1.82, 2.24) is 15.2 Å². The molecule has 2 rings (SSSR count). The molecular weight excluding hydrogens is 392 g/mol. The van der Waals surface area contributed by atoms with Gasteiger partial charge in [0.25, 0.3) is 0 Å². The molecule has 0 fully saturated rings. The Kier molecular flexibility index (Phi) is 5.01. The van der Waals surface area contributed by atoms with E-state index in [0.717, 1.165) is 17.8 Å². The average Bonchev–Trinajstić information content (AvgIpc) is 2.86. The lowest BCUT2D eigenvalue weighted by atomic mass is 10.1. The van der Waals surface area contributed by atoms with Crippen molar-refractivity contribution in [2.24, 2.45) is 0 Å². The average molecular weight is 401 g/mol. The van der Waals surface area contributed by atoms with Crippen LogP contribution in [0.3, 0.4) is 0 Å². The highest BCUT2D eigenvalue weighted by atomic mass is 79.9. The summed E-state index contributed by atoms with van der Waals surface area (Å²) >= 11 is 3.79. The van der Waals surface area contributed by atoms with E-state index in [1.807, 2.05) is 0 Å². The molecule has 0 spiro atoms. The van der Waals surface area contributed by atoms with Crippen LogP contribution in [0.5, 0.6) is 5.75 Å². The Hall–Kier alpha value is -2.40. The lowest BCUT2D eigenvalue weighted by Crippen LogP contribution is -1.98. The molecule has 23 heavy (non-hydrogen) atoms. The molecule has 0 bridgehead atoms. The first kappa shape index (κ1) is 17.0. The second-order valence-corrected chi connectivity index (χ2v) is 6.11. The SMILES string of the molecule is Cc1nc(S/C(=C\c2cc(Br)c(O)c([N+](=O)[O-])c2)C(=O)O)n[nH]1. The van der Waals surface area contributed by atoms with Crippen molar-refractivity contribution < 1.29 is 19.9 Å². The monoisotopic (exact) mass is 400 g/mol. The molecule has 9 nitrogen and oxygen atoms in total. The number of nitrogens with one attached hydrogen (secondary N) is 1. The normalized spacial score (nSPS) is 11.5. The first-order chi connectivity index (χ1) is 10.8. The molecule has 0 radical (unpaired) electrons. The van der Waals surface area contributed by atoms with Gasteiger partial charge in [0.15, 0.2) is 0 Å². The minimum atomic E-state index is -1.23. The van der Waals surface area contributed by atoms with Crippen LogP contribution >= 0.6 is 27.7 Å². The number of aromatic hydroxyl groups is 1. The zero-order valence-corrected chi connectivity index (χ0v) is 13.9. The number of aryl methyl sites for hydroxylation is 1. The van der Waals surface area contributed by atoms with Crippen LogP contribution in [0.25, 0.3) is 6.08 Å². The van der Waals surface area contributed by atoms with Crippen LogP contribution in [0.2, 0.25) is 0 Å². The van der Waals surface area contributed by atoms with E-state index in [2.05, 4.69) is 31.1 Å². The molecule has 0 saturated heterocycles. The van der Waals surface area contributed by atoms with Crippen molar-refractivity contribution >= 4 is 45.4 Å². The molecule has 1 aromatic carbocycles. The van der Waals surface area contributed by atoms with Gasteiger partial charge in [0, 0.05) is 6.07 Å². The van der Waals surface area contributed by atoms with Crippen LogP contribution in [0.4, 0.5) is 5.69 Å². The molecule has 0 atom stereocenters. The number of thioether (sulfide) groups is 1. The van der Waals surface area contributed by atoms with Crippen LogP contribution in [0, 0.1) is 17.0 Å². The molecule has 120 valence electrons. The van der Waals surface area contributed by atoms with Gasteiger partial charge in [0.1, 0.15) is 10.7 Å². The van der Waals surface area contributed by atoms with Gasteiger partial charge in [-0.15, -0.1) is 5.10 Å². The number of nitro groups is 1. The third-order valence-corrected chi connectivity index (χ3v) is 4.03. The van der Waals surface area contributed by atoms with Crippen LogP contribution in [-0.4, -0.2) is 36.3 Å². The number of carboxylic acid groups (broad SMARTS) is 1. The van der Waals surface area contributed by atoms with Gasteiger partial charge in [-0.1, -0.05) is 0 Å². The van der Waals surface area contributed by atoms with Crippen LogP contribution in [-0.2, 0) is 4.79 Å². The molecule has 2 aromatic rings. The van der Waals surface area contributed by atoms with Crippen LogP contribution in [0.15, 0.2) is 26.7 Å². The van der Waals surface area contributed by atoms with Crippen molar-refractivity contribution in [3.05, 3.63) is 43.0 Å². The number of H-pyrrole nitrogens is 1. The van der Waals surface area contributed by atoms with E-state index in [4.69, 9.17) is 0 Å². The Balaban J connectivity index is 2.43. The van der Waals surface area contributed by atoms with Gasteiger partial charge in [-0.25, -0.2) is 9.78 Å². The number of halogens is 1. The van der Waals surface area contributed by atoms with E-state index >= 15 is 0 Å². The largest absolute Gasteiger partial charge is 0.501 e. The minimum absolute atomic E-state index is 0.0847. The second kappa shape index (κ2) is 6.79. The summed E-state index contributed by atoms with van der Waals surface area (Å²) in [6.07, 6.45) is 1.23. The number of hydrogen-bond donors (Lipinski definition) is 3. The maximum atomic E-state index is 11.3. The van der Waals surface area contributed by atoms with E-state index in [9.17, 15) is 25.1 Å². The first-order valence-electron chi connectivity index (χ1n) is 5.96. The lowest BCUT2D eigenvalue weighted by molar-refractivity contribution is -0.386. The number of phenols is 1. The van der Waals surface area contributed by atoms with Gasteiger partial charge in [-0.3, -0.25) is 15.2 Å². The van der Waals surface area contributed by atoms with E-state index in [-0.39, 0.29) is 20.1 Å². The minimum Gasteiger partial charge on any atom is -0.501 e. The summed E-state index contributed by atoms with van der Waals surface area (Å²) < 4.78 is 0.0847.